The molecule has 1 fully saturated rings. The SMILES string of the molecule is C[C@@H]1C[C@H](C)CN(c2nc(N)c([N+](=O)[O-])c(Nc3ccccc3F)n2)C1. The van der Waals surface area contributed by atoms with Gasteiger partial charge in [-0.3, -0.25) is 10.1 Å². The highest BCUT2D eigenvalue weighted by Gasteiger charge is 2.29. The average molecular weight is 360 g/mol. The fourth-order valence-electron chi connectivity index (χ4n) is 3.38. The van der Waals surface area contributed by atoms with Crippen molar-refractivity contribution < 1.29 is 9.31 Å². The Morgan fingerprint density at radius 2 is 1.92 bits per heavy atom. The lowest BCUT2D eigenvalue weighted by Crippen LogP contribution is -2.39. The predicted octanol–water partition coefficient (Wildman–Crippen LogP) is 3.33. The summed E-state index contributed by atoms with van der Waals surface area (Å²) in [5, 5.41) is 14.1. The molecule has 0 saturated carbocycles. The van der Waals surface area contributed by atoms with E-state index in [1.807, 2.05) is 4.90 Å². The molecule has 1 aromatic heterocycles. The number of nitrogens with zero attached hydrogens (tertiary/aromatic N) is 4. The highest BCUT2D eigenvalue weighted by molar-refractivity contribution is 5.74. The van der Waals surface area contributed by atoms with Crippen LogP contribution in [0.5, 0.6) is 0 Å². The summed E-state index contributed by atoms with van der Waals surface area (Å²) >= 11 is 0. The molecule has 0 amide bonds. The van der Waals surface area contributed by atoms with Crippen LogP contribution in [0.2, 0.25) is 0 Å². The Morgan fingerprint density at radius 1 is 1.27 bits per heavy atom. The minimum Gasteiger partial charge on any atom is -0.378 e. The summed E-state index contributed by atoms with van der Waals surface area (Å²) in [7, 11) is 0. The molecular weight excluding hydrogens is 339 g/mol. The number of nitrogens with one attached hydrogen (secondary N) is 1. The van der Waals surface area contributed by atoms with Crippen LogP contribution in [0.4, 0.5) is 33.3 Å². The maximum Gasteiger partial charge on any atom is 0.353 e. The van der Waals surface area contributed by atoms with Gasteiger partial charge in [-0.25, -0.2) is 4.39 Å². The number of nitrogens with two attached hydrogens (primary N) is 1. The summed E-state index contributed by atoms with van der Waals surface area (Å²) < 4.78 is 13.9. The largest absolute Gasteiger partial charge is 0.378 e. The van der Waals surface area contributed by atoms with E-state index in [4.69, 9.17) is 5.73 Å². The summed E-state index contributed by atoms with van der Waals surface area (Å²) in [6.45, 7) is 5.74. The van der Waals surface area contributed by atoms with E-state index in [0.29, 0.717) is 17.8 Å². The maximum absolute atomic E-state index is 13.9. The normalized spacial score (nSPS) is 20.0. The molecular formula is C17H21FN6O2. The molecule has 0 spiro atoms. The van der Waals surface area contributed by atoms with Crippen molar-refractivity contribution in [3.63, 3.8) is 0 Å². The lowest BCUT2D eigenvalue weighted by molar-refractivity contribution is -0.383. The number of hydrogen-bond donors (Lipinski definition) is 2. The van der Waals surface area contributed by atoms with Gasteiger partial charge in [-0.2, -0.15) is 9.97 Å². The second kappa shape index (κ2) is 7.11. The van der Waals surface area contributed by atoms with Crippen molar-refractivity contribution in [3.05, 3.63) is 40.2 Å². The molecule has 0 unspecified atom stereocenters. The summed E-state index contributed by atoms with van der Waals surface area (Å²) in [6.07, 6.45) is 1.10. The highest BCUT2D eigenvalue weighted by Crippen LogP contribution is 2.34. The molecule has 0 aliphatic carbocycles. The smallest absolute Gasteiger partial charge is 0.353 e. The van der Waals surface area contributed by atoms with Crippen LogP contribution in [0, 0.1) is 27.8 Å². The number of piperidine rings is 1. The quantitative estimate of drug-likeness (QED) is 0.635. The van der Waals surface area contributed by atoms with Gasteiger partial charge < -0.3 is 16.0 Å². The third kappa shape index (κ3) is 3.66. The van der Waals surface area contributed by atoms with Crippen molar-refractivity contribution in [3.8, 4) is 0 Å². The summed E-state index contributed by atoms with van der Waals surface area (Å²) in [6, 6.07) is 5.89. The molecule has 1 saturated heterocycles. The Kier molecular flexibility index (Phi) is 4.88. The molecule has 3 N–H and O–H groups in total. The van der Waals surface area contributed by atoms with Crippen LogP contribution in [0.3, 0.4) is 0 Å². The molecule has 1 aliphatic rings. The Morgan fingerprint density at radius 3 is 2.54 bits per heavy atom. The van der Waals surface area contributed by atoms with Crippen LogP contribution in [0.1, 0.15) is 20.3 Å². The third-order valence-corrected chi connectivity index (χ3v) is 4.36. The molecule has 2 atom stereocenters. The standard InChI is InChI=1S/C17H21FN6O2/c1-10-7-11(2)9-23(8-10)17-21-15(19)14(24(25)26)16(22-17)20-13-6-4-3-5-12(13)18/h3-6,10-11H,7-9H2,1-2H3,(H3,19,20,21,22)/t10-,11+. The first-order valence-corrected chi connectivity index (χ1v) is 8.43. The first-order valence-electron chi connectivity index (χ1n) is 8.43. The Labute approximate surface area is 150 Å². The Balaban J connectivity index is 2.02. The van der Waals surface area contributed by atoms with Crippen molar-refractivity contribution in [1.29, 1.82) is 0 Å². The number of aromatic nitrogens is 2. The average Bonchev–Trinajstić information content (AvgIpc) is 2.55. The summed E-state index contributed by atoms with van der Waals surface area (Å²) in [5.41, 5.74) is 5.46. The van der Waals surface area contributed by atoms with Gasteiger partial charge in [-0.05, 0) is 30.4 Å². The van der Waals surface area contributed by atoms with Gasteiger partial charge in [0.05, 0.1) is 10.6 Å². The number of nitro groups is 1. The topological polar surface area (TPSA) is 110 Å². The van der Waals surface area contributed by atoms with Crippen molar-refractivity contribution in [1.82, 2.24) is 9.97 Å². The van der Waals surface area contributed by atoms with Gasteiger partial charge in [0, 0.05) is 13.1 Å². The number of benzene rings is 1. The Bertz CT molecular complexity index is 821. The molecule has 1 aromatic carbocycles. The fraction of sp³-hybridized carbons (Fsp3) is 0.412. The van der Waals surface area contributed by atoms with Crippen molar-refractivity contribution in [2.75, 3.05) is 29.0 Å². The van der Waals surface area contributed by atoms with Crippen molar-refractivity contribution >= 4 is 29.0 Å². The second-order valence-corrected chi connectivity index (χ2v) is 6.82. The number of anilines is 4. The van der Waals surface area contributed by atoms with E-state index < -0.39 is 16.4 Å². The molecule has 26 heavy (non-hydrogen) atoms. The van der Waals surface area contributed by atoms with E-state index in [1.54, 1.807) is 6.07 Å². The number of hydrogen-bond acceptors (Lipinski definition) is 7. The van der Waals surface area contributed by atoms with E-state index >= 15 is 0 Å². The summed E-state index contributed by atoms with van der Waals surface area (Å²) in [4.78, 5) is 21.1. The van der Waals surface area contributed by atoms with E-state index in [9.17, 15) is 14.5 Å². The zero-order valence-corrected chi connectivity index (χ0v) is 14.6. The highest BCUT2D eigenvalue weighted by atomic mass is 19.1. The second-order valence-electron chi connectivity index (χ2n) is 6.82. The van der Waals surface area contributed by atoms with Gasteiger partial charge >= 0.3 is 5.69 Å². The molecule has 0 bridgehead atoms. The Hall–Kier alpha value is -2.97. The molecule has 2 heterocycles. The van der Waals surface area contributed by atoms with Gasteiger partial charge in [0.15, 0.2) is 0 Å². The number of para-hydroxylation sites is 1. The lowest BCUT2D eigenvalue weighted by atomic mass is 9.92. The van der Waals surface area contributed by atoms with Gasteiger partial charge in [0.25, 0.3) is 0 Å². The van der Waals surface area contributed by atoms with Crippen LogP contribution in [0.15, 0.2) is 24.3 Å². The van der Waals surface area contributed by atoms with Crippen LogP contribution >= 0.6 is 0 Å². The van der Waals surface area contributed by atoms with Gasteiger partial charge in [0.2, 0.25) is 17.6 Å². The molecule has 8 nitrogen and oxygen atoms in total. The summed E-state index contributed by atoms with van der Waals surface area (Å²) in [5.74, 6) is 0.299. The molecule has 2 aromatic rings. The fourth-order valence-corrected chi connectivity index (χ4v) is 3.38. The van der Waals surface area contributed by atoms with E-state index in [0.717, 1.165) is 19.5 Å². The third-order valence-electron chi connectivity index (χ3n) is 4.36. The lowest BCUT2D eigenvalue weighted by Gasteiger charge is -2.35. The maximum atomic E-state index is 13.9. The molecule has 138 valence electrons. The minimum absolute atomic E-state index is 0.0834. The van der Waals surface area contributed by atoms with Crippen molar-refractivity contribution in [2.45, 2.75) is 20.3 Å². The van der Waals surface area contributed by atoms with E-state index in [-0.39, 0.29) is 17.3 Å². The van der Waals surface area contributed by atoms with Crippen LogP contribution in [-0.2, 0) is 0 Å². The molecule has 9 heteroatoms. The zero-order chi connectivity index (χ0) is 18.8. The van der Waals surface area contributed by atoms with Crippen LogP contribution in [0.25, 0.3) is 0 Å². The van der Waals surface area contributed by atoms with Gasteiger partial charge in [0.1, 0.15) is 5.82 Å². The first-order chi connectivity index (χ1) is 12.3. The first kappa shape index (κ1) is 17.8. The van der Waals surface area contributed by atoms with Crippen molar-refractivity contribution in [2.24, 2.45) is 11.8 Å². The molecule has 3 rings (SSSR count). The minimum atomic E-state index is -0.663. The van der Waals surface area contributed by atoms with E-state index in [1.165, 1.54) is 18.2 Å². The molecule has 1 aliphatic heterocycles. The number of halogens is 1. The van der Waals surface area contributed by atoms with Gasteiger partial charge in [-0.1, -0.05) is 26.0 Å². The monoisotopic (exact) mass is 360 g/mol. The molecule has 0 radical (unpaired) electrons. The van der Waals surface area contributed by atoms with Crippen LogP contribution in [-0.4, -0.2) is 28.0 Å². The zero-order valence-electron chi connectivity index (χ0n) is 14.6. The van der Waals surface area contributed by atoms with Gasteiger partial charge in [-0.15, -0.1) is 0 Å². The number of nitrogen functional groups attached to an aromatic ring is 1. The van der Waals surface area contributed by atoms with Crippen LogP contribution < -0.4 is 16.0 Å². The van der Waals surface area contributed by atoms with E-state index in [2.05, 4.69) is 29.1 Å². The number of rotatable bonds is 4. The predicted molar refractivity (Wildman–Crippen MR) is 97.9 cm³/mol.